The molecule has 0 unspecified atom stereocenters. The fraction of sp³-hybridized carbons (Fsp3) is 0.125. The van der Waals surface area contributed by atoms with Crippen LogP contribution in [0, 0.1) is 0 Å². The number of carbonyl (C=O) groups is 1. The number of nitrogens with one attached hydrogen (secondary N) is 2. The van der Waals surface area contributed by atoms with E-state index in [0.717, 1.165) is 10.3 Å². The molecular weight excluding hydrogens is 410 g/mol. The summed E-state index contributed by atoms with van der Waals surface area (Å²) in [6.07, 6.45) is 0. The zero-order valence-electron chi connectivity index (χ0n) is 17.3. The van der Waals surface area contributed by atoms with E-state index < -0.39 is 11.2 Å². The Kier molecular flexibility index (Phi) is 6.14. The third kappa shape index (κ3) is 4.60. The van der Waals surface area contributed by atoms with E-state index in [1.807, 2.05) is 30.3 Å². The molecule has 0 aliphatic rings. The summed E-state index contributed by atoms with van der Waals surface area (Å²) in [4.78, 5) is 40.1. The van der Waals surface area contributed by atoms with Crippen LogP contribution in [0.2, 0.25) is 0 Å². The monoisotopic (exact) mass is 431 g/mol. The molecule has 8 heteroatoms. The van der Waals surface area contributed by atoms with Crippen molar-refractivity contribution >= 4 is 22.5 Å². The van der Waals surface area contributed by atoms with Crippen LogP contribution in [0.3, 0.4) is 0 Å². The second-order valence-electron chi connectivity index (χ2n) is 7.03. The van der Waals surface area contributed by atoms with Gasteiger partial charge in [-0.05, 0) is 54.6 Å². The van der Waals surface area contributed by atoms with E-state index in [9.17, 15) is 14.4 Å². The number of aromatic amines is 1. The SMILES string of the molecule is COCCn1c(=O)[nH]c2cc(C(=O)Nc3ccc(Oc4ccccc4)cc3)ccc2c1=O. The van der Waals surface area contributed by atoms with Gasteiger partial charge in [0, 0.05) is 18.4 Å². The summed E-state index contributed by atoms with van der Waals surface area (Å²) in [7, 11) is 1.50. The first-order valence-electron chi connectivity index (χ1n) is 9.95. The number of rotatable bonds is 7. The lowest BCUT2D eigenvalue weighted by Crippen LogP contribution is -2.36. The number of nitrogens with zero attached hydrogens (tertiary/aromatic N) is 1. The first-order chi connectivity index (χ1) is 15.5. The van der Waals surface area contributed by atoms with Gasteiger partial charge in [0.05, 0.1) is 24.1 Å². The van der Waals surface area contributed by atoms with E-state index in [-0.39, 0.29) is 19.1 Å². The number of methoxy groups -OCH3 is 1. The maximum Gasteiger partial charge on any atom is 0.328 e. The number of ether oxygens (including phenoxy) is 2. The van der Waals surface area contributed by atoms with Gasteiger partial charge < -0.3 is 19.8 Å². The van der Waals surface area contributed by atoms with E-state index in [1.54, 1.807) is 30.3 Å². The summed E-state index contributed by atoms with van der Waals surface area (Å²) in [5, 5.41) is 3.12. The number of para-hydroxylation sites is 1. The summed E-state index contributed by atoms with van der Waals surface area (Å²) in [5.74, 6) is 0.992. The maximum absolute atomic E-state index is 12.7. The van der Waals surface area contributed by atoms with E-state index >= 15 is 0 Å². The lowest BCUT2D eigenvalue weighted by atomic mass is 10.1. The number of fused-ring (bicyclic) bond motifs is 1. The predicted molar refractivity (Wildman–Crippen MR) is 122 cm³/mol. The number of hydrogen-bond acceptors (Lipinski definition) is 5. The molecule has 0 saturated carbocycles. The molecule has 3 aromatic carbocycles. The Morgan fingerprint density at radius 2 is 1.69 bits per heavy atom. The average molecular weight is 431 g/mol. The van der Waals surface area contributed by atoms with Crippen molar-refractivity contribution < 1.29 is 14.3 Å². The Bertz CT molecular complexity index is 1360. The first-order valence-corrected chi connectivity index (χ1v) is 9.95. The lowest BCUT2D eigenvalue weighted by Gasteiger charge is -2.09. The molecule has 1 heterocycles. The molecule has 0 aliphatic heterocycles. The summed E-state index contributed by atoms with van der Waals surface area (Å²) < 4.78 is 11.8. The minimum atomic E-state index is -0.550. The summed E-state index contributed by atoms with van der Waals surface area (Å²) >= 11 is 0. The van der Waals surface area contributed by atoms with Crippen molar-refractivity contribution in [3.63, 3.8) is 0 Å². The molecule has 0 bridgehead atoms. The number of benzene rings is 3. The van der Waals surface area contributed by atoms with Gasteiger partial charge in [0.25, 0.3) is 11.5 Å². The van der Waals surface area contributed by atoms with Gasteiger partial charge in [0.15, 0.2) is 0 Å². The van der Waals surface area contributed by atoms with Crippen LogP contribution in [0.25, 0.3) is 10.9 Å². The molecule has 32 heavy (non-hydrogen) atoms. The molecule has 4 aromatic rings. The predicted octanol–water partition coefficient (Wildman–Crippen LogP) is 3.38. The van der Waals surface area contributed by atoms with Gasteiger partial charge in [0.1, 0.15) is 11.5 Å². The fourth-order valence-electron chi connectivity index (χ4n) is 3.22. The number of anilines is 1. The zero-order chi connectivity index (χ0) is 22.5. The molecular formula is C24H21N3O5. The molecule has 0 spiro atoms. The van der Waals surface area contributed by atoms with Gasteiger partial charge in [-0.3, -0.25) is 14.2 Å². The van der Waals surface area contributed by atoms with Gasteiger partial charge >= 0.3 is 5.69 Å². The van der Waals surface area contributed by atoms with Crippen LogP contribution in [0.5, 0.6) is 11.5 Å². The lowest BCUT2D eigenvalue weighted by molar-refractivity contribution is 0.102. The molecule has 1 amide bonds. The van der Waals surface area contributed by atoms with Gasteiger partial charge in [-0.15, -0.1) is 0 Å². The second-order valence-corrected chi connectivity index (χ2v) is 7.03. The largest absolute Gasteiger partial charge is 0.457 e. The Hall–Kier alpha value is -4.17. The zero-order valence-corrected chi connectivity index (χ0v) is 17.3. The molecule has 0 aliphatic carbocycles. The van der Waals surface area contributed by atoms with Crippen molar-refractivity contribution in [2.75, 3.05) is 19.0 Å². The number of H-pyrrole nitrogens is 1. The smallest absolute Gasteiger partial charge is 0.328 e. The molecule has 1 aromatic heterocycles. The number of hydrogen-bond donors (Lipinski definition) is 2. The molecule has 2 N–H and O–H groups in total. The molecule has 0 saturated heterocycles. The van der Waals surface area contributed by atoms with E-state index in [0.29, 0.717) is 27.9 Å². The second kappa shape index (κ2) is 9.32. The van der Waals surface area contributed by atoms with Crippen LogP contribution in [0.1, 0.15) is 10.4 Å². The quantitative estimate of drug-likeness (QED) is 0.467. The van der Waals surface area contributed by atoms with Crippen LogP contribution in [0.15, 0.2) is 82.4 Å². The number of amides is 1. The molecule has 0 radical (unpaired) electrons. The number of carbonyl (C=O) groups excluding carboxylic acids is 1. The van der Waals surface area contributed by atoms with E-state index in [1.165, 1.54) is 19.2 Å². The highest BCUT2D eigenvalue weighted by atomic mass is 16.5. The van der Waals surface area contributed by atoms with Crippen molar-refractivity contribution in [1.29, 1.82) is 0 Å². The van der Waals surface area contributed by atoms with Crippen LogP contribution in [0.4, 0.5) is 5.69 Å². The molecule has 4 rings (SSSR count). The molecule has 8 nitrogen and oxygen atoms in total. The topological polar surface area (TPSA) is 102 Å². The van der Waals surface area contributed by atoms with Crippen molar-refractivity contribution in [2.45, 2.75) is 6.54 Å². The minimum Gasteiger partial charge on any atom is -0.457 e. The highest BCUT2D eigenvalue weighted by molar-refractivity contribution is 6.06. The van der Waals surface area contributed by atoms with Gasteiger partial charge in [-0.25, -0.2) is 4.79 Å². The Labute approximate surface area is 183 Å². The third-order valence-electron chi connectivity index (χ3n) is 4.85. The standard InChI is InChI=1S/C24H21N3O5/c1-31-14-13-27-23(29)20-12-7-16(15-21(20)26-24(27)30)22(28)25-17-8-10-19(11-9-17)32-18-5-3-2-4-6-18/h2-12,15H,13-14H2,1H3,(H,25,28)(H,26,30). The van der Waals surface area contributed by atoms with Crippen molar-refractivity contribution in [2.24, 2.45) is 0 Å². The van der Waals surface area contributed by atoms with Crippen LogP contribution in [-0.4, -0.2) is 29.2 Å². The highest BCUT2D eigenvalue weighted by Gasteiger charge is 2.12. The van der Waals surface area contributed by atoms with Crippen molar-refractivity contribution in [1.82, 2.24) is 9.55 Å². The van der Waals surface area contributed by atoms with E-state index in [2.05, 4.69) is 10.3 Å². The summed E-state index contributed by atoms with van der Waals surface area (Å²) in [5.41, 5.74) is 0.214. The molecule has 162 valence electrons. The average Bonchev–Trinajstić information content (AvgIpc) is 2.80. The Balaban J connectivity index is 1.51. The fourth-order valence-corrected chi connectivity index (χ4v) is 3.22. The van der Waals surface area contributed by atoms with Crippen LogP contribution in [-0.2, 0) is 11.3 Å². The third-order valence-corrected chi connectivity index (χ3v) is 4.85. The minimum absolute atomic E-state index is 0.146. The normalized spacial score (nSPS) is 10.8. The summed E-state index contributed by atoms with van der Waals surface area (Å²) in [6, 6.07) is 20.9. The van der Waals surface area contributed by atoms with Crippen LogP contribution < -0.4 is 21.3 Å². The van der Waals surface area contributed by atoms with E-state index in [4.69, 9.17) is 9.47 Å². The number of aromatic nitrogens is 2. The van der Waals surface area contributed by atoms with Gasteiger partial charge in [-0.1, -0.05) is 18.2 Å². The van der Waals surface area contributed by atoms with Crippen LogP contribution >= 0.6 is 0 Å². The van der Waals surface area contributed by atoms with Gasteiger partial charge in [-0.2, -0.15) is 0 Å². The van der Waals surface area contributed by atoms with Gasteiger partial charge in [0.2, 0.25) is 0 Å². The molecule has 0 fully saturated rings. The Morgan fingerprint density at radius 3 is 2.41 bits per heavy atom. The first kappa shape index (κ1) is 21.1. The maximum atomic E-state index is 12.7. The van der Waals surface area contributed by atoms with Crippen molar-refractivity contribution in [3.8, 4) is 11.5 Å². The van der Waals surface area contributed by atoms with Crippen molar-refractivity contribution in [3.05, 3.63) is 99.2 Å². The molecule has 0 atom stereocenters. The highest BCUT2D eigenvalue weighted by Crippen LogP contribution is 2.23. The summed E-state index contributed by atoms with van der Waals surface area (Å²) in [6.45, 7) is 0.386. The Morgan fingerprint density at radius 1 is 0.969 bits per heavy atom.